The molecule has 0 radical (unpaired) electrons. The largest absolute Gasteiger partial charge is 0.377 e. The van der Waals surface area contributed by atoms with Crippen molar-refractivity contribution in [1.82, 2.24) is 4.98 Å². The van der Waals surface area contributed by atoms with Crippen LogP contribution in [0.25, 0.3) is 0 Å². The zero-order valence-electron chi connectivity index (χ0n) is 5.89. The standard InChI is InChI=1S/C8H11NO/c1-2-8-7(3-4-9-8)6-10-5-1/h3-4,9H,1-2,5-6H2. The summed E-state index contributed by atoms with van der Waals surface area (Å²) < 4.78 is 5.36. The Kier molecular flexibility index (Phi) is 1.47. The summed E-state index contributed by atoms with van der Waals surface area (Å²) in [5.41, 5.74) is 2.69. The number of aryl methyl sites for hydroxylation is 1. The smallest absolute Gasteiger partial charge is 0.0734 e. The minimum absolute atomic E-state index is 0.791. The Labute approximate surface area is 60.2 Å². The number of nitrogens with one attached hydrogen (secondary N) is 1. The molecule has 1 aromatic heterocycles. The van der Waals surface area contributed by atoms with Crippen molar-refractivity contribution in [2.24, 2.45) is 0 Å². The first kappa shape index (κ1) is 5.98. The van der Waals surface area contributed by atoms with Crippen molar-refractivity contribution >= 4 is 0 Å². The van der Waals surface area contributed by atoms with Crippen molar-refractivity contribution < 1.29 is 4.74 Å². The molecule has 0 aromatic carbocycles. The molecule has 0 saturated carbocycles. The van der Waals surface area contributed by atoms with Gasteiger partial charge in [0.05, 0.1) is 6.61 Å². The molecule has 2 nitrogen and oxygen atoms in total. The second-order valence-electron chi connectivity index (χ2n) is 2.64. The van der Waals surface area contributed by atoms with E-state index >= 15 is 0 Å². The fourth-order valence-corrected chi connectivity index (χ4v) is 1.34. The van der Waals surface area contributed by atoms with Crippen molar-refractivity contribution in [3.05, 3.63) is 23.5 Å². The van der Waals surface area contributed by atoms with E-state index in [1.807, 2.05) is 6.20 Å². The Morgan fingerprint density at radius 2 is 2.50 bits per heavy atom. The van der Waals surface area contributed by atoms with E-state index < -0.39 is 0 Å². The summed E-state index contributed by atoms with van der Waals surface area (Å²) in [6, 6.07) is 2.10. The molecule has 1 aliphatic rings. The van der Waals surface area contributed by atoms with Gasteiger partial charge >= 0.3 is 0 Å². The molecule has 0 unspecified atom stereocenters. The monoisotopic (exact) mass is 137 g/mol. The predicted molar refractivity (Wildman–Crippen MR) is 38.8 cm³/mol. The van der Waals surface area contributed by atoms with Crippen LogP contribution in [-0.2, 0) is 17.8 Å². The van der Waals surface area contributed by atoms with Crippen LogP contribution in [-0.4, -0.2) is 11.6 Å². The van der Waals surface area contributed by atoms with Crippen molar-refractivity contribution in [2.75, 3.05) is 6.61 Å². The number of fused-ring (bicyclic) bond motifs is 1. The Hall–Kier alpha value is -0.760. The van der Waals surface area contributed by atoms with Crippen LogP contribution < -0.4 is 0 Å². The van der Waals surface area contributed by atoms with Crippen LogP contribution in [0.3, 0.4) is 0 Å². The number of aromatic nitrogens is 1. The SMILES string of the molecule is c1cc2c([nH]1)CCCOC2. The number of ether oxygens (including phenoxy) is 1. The van der Waals surface area contributed by atoms with Crippen molar-refractivity contribution in [3.63, 3.8) is 0 Å². The molecule has 0 atom stereocenters. The van der Waals surface area contributed by atoms with E-state index in [9.17, 15) is 0 Å². The van der Waals surface area contributed by atoms with Gasteiger partial charge in [0.25, 0.3) is 0 Å². The van der Waals surface area contributed by atoms with E-state index in [-0.39, 0.29) is 0 Å². The van der Waals surface area contributed by atoms with Crippen LogP contribution in [0, 0.1) is 0 Å². The zero-order chi connectivity index (χ0) is 6.81. The molecular weight excluding hydrogens is 126 g/mol. The number of aromatic amines is 1. The lowest BCUT2D eigenvalue weighted by atomic mass is 10.2. The van der Waals surface area contributed by atoms with Crippen LogP contribution in [0.15, 0.2) is 12.3 Å². The second kappa shape index (κ2) is 2.46. The molecule has 1 aliphatic heterocycles. The maximum atomic E-state index is 5.36. The Bertz CT molecular complexity index is 196. The molecule has 2 rings (SSSR count). The molecule has 0 fully saturated rings. The molecule has 54 valence electrons. The van der Waals surface area contributed by atoms with E-state index in [0.29, 0.717) is 0 Å². The quantitative estimate of drug-likeness (QED) is 0.575. The fraction of sp³-hybridized carbons (Fsp3) is 0.500. The summed E-state index contributed by atoms with van der Waals surface area (Å²) in [4.78, 5) is 3.22. The van der Waals surface area contributed by atoms with Gasteiger partial charge in [0.1, 0.15) is 0 Å². The Morgan fingerprint density at radius 1 is 1.50 bits per heavy atom. The van der Waals surface area contributed by atoms with Crippen LogP contribution in [0.5, 0.6) is 0 Å². The normalized spacial score (nSPS) is 18.0. The maximum absolute atomic E-state index is 5.36. The number of hydrogen-bond acceptors (Lipinski definition) is 1. The summed E-state index contributed by atoms with van der Waals surface area (Å²) in [6.07, 6.45) is 4.27. The average molecular weight is 137 g/mol. The summed E-state index contributed by atoms with van der Waals surface area (Å²) in [5, 5.41) is 0. The molecule has 0 aliphatic carbocycles. The zero-order valence-corrected chi connectivity index (χ0v) is 5.89. The first-order valence-corrected chi connectivity index (χ1v) is 3.70. The highest BCUT2D eigenvalue weighted by Crippen LogP contribution is 2.13. The molecule has 2 heteroatoms. The number of H-pyrrole nitrogens is 1. The third kappa shape index (κ3) is 0.948. The minimum atomic E-state index is 0.791. The lowest BCUT2D eigenvalue weighted by Crippen LogP contribution is -1.88. The van der Waals surface area contributed by atoms with Gasteiger partial charge in [-0.15, -0.1) is 0 Å². The molecular formula is C8H11NO. The van der Waals surface area contributed by atoms with Crippen LogP contribution in [0.1, 0.15) is 17.7 Å². The summed E-state index contributed by atoms with van der Waals surface area (Å²) in [5.74, 6) is 0. The highest BCUT2D eigenvalue weighted by atomic mass is 16.5. The molecule has 1 N–H and O–H groups in total. The van der Waals surface area contributed by atoms with Crippen LogP contribution in [0.4, 0.5) is 0 Å². The Morgan fingerprint density at radius 3 is 3.50 bits per heavy atom. The molecule has 0 spiro atoms. The third-order valence-corrected chi connectivity index (χ3v) is 1.90. The topological polar surface area (TPSA) is 25.0 Å². The second-order valence-corrected chi connectivity index (χ2v) is 2.64. The molecule has 0 saturated heterocycles. The van der Waals surface area contributed by atoms with E-state index in [1.54, 1.807) is 0 Å². The van der Waals surface area contributed by atoms with Crippen molar-refractivity contribution in [1.29, 1.82) is 0 Å². The summed E-state index contributed by atoms with van der Waals surface area (Å²) in [6.45, 7) is 1.70. The van der Waals surface area contributed by atoms with Gasteiger partial charge in [-0.05, 0) is 24.5 Å². The van der Waals surface area contributed by atoms with Gasteiger partial charge in [-0.1, -0.05) is 0 Å². The van der Waals surface area contributed by atoms with Gasteiger partial charge in [-0.25, -0.2) is 0 Å². The van der Waals surface area contributed by atoms with E-state index in [2.05, 4.69) is 11.1 Å². The summed E-state index contributed by atoms with van der Waals surface area (Å²) in [7, 11) is 0. The predicted octanol–water partition coefficient (Wildman–Crippen LogP) is 1.48. The van der Waals surface area contributed by atoms with Gasteiger partial charge < -0.3 is 9.72 Å². The van der Waals surface area contributed by atoms with Crippen LogP contribution >= 0.6 is 0 Å². The molecule has 0 bridgehead atoms. The molecule has 1 aromatic rings. The molecule has 10 heavy (non-hydrogen) atoms. The van der Waals surface area contributed by atoms with Gasteiger partial charge in [0.15, 0.2) is 0 Å². The minimum Gasteiger partial charge on any atom is -0.377 e. The fourth-order valence-electron chi connectivity index (χ4n) is 1.34. The number of rotatable bonds is 0. The lowest BCUT2D eigenvalue weighted by Gasteiger charge is -1.94. The van der Waals surface area contributed by atoms with Gasteiger partial charge in [0.2, 0.25) is 0 Å². The molecule has 2 heterocycles. The number of hydrogen-bond donors (Lipinski definition) is 1. The molecule has 0 amide bonds. The Balaban J connectivity index is 2.28. The van der Waals surface area contributed by atoms with Crippen molar-refractivity contribution in [2.45, 2.75) is 19.4 Å². The van der Waals surface area contributed by atoms with E-state index in [1.165, 1.54) is 11.3 Å². The van der Waals surface area contributed by atoms with Gasteiger partial charge in [-0.2, -0.15) is 0 Å². The van der Waals surface area contributed by atoms with Gasteiger partial charge in [-0.3, -0.25) is 0 Å². The average Bonchev–Trinajstić information content (AvgIpc) is 2.28. The summed E-state index contributed by atoms with van der Waals surface area (Å²) >= 11 is 0. The first-order chi connectivity index (χ1) is 4.97. The van der Waals surface area contributed by atoms with E-state index in [0.717, 1.165) is 26.1 Å². The van der Waals surface area contributed by atoms with Crippen LogP contribution in [0.2, 0.25) is 0 Å². The lowest BCUT2D eigenvalue weighted by molar-refractivity contribution is 0.125. The first-order valence-electron chi connectivity index (χ1n) is 3.70. The third-order valence-electron chi connectivity index (χ3n) is 1.90. The highest BCUT2D eigenvalue weighted by Gasteiger charge is 2.06. The maximum Gasteiger partial charge on any atom is 0.0734 e. The highest BCUT2D eigenvalue weighted by molar-refractivity contribution is 5.20. The van der Waals surface area contributed by atoms with Gasteiger partial charge in [0, 0.05) is 18.5 Å². The van der Waals surface area contributed by atoms with Crippen molar-refractivity contribution in [3.8, 4) is 0 Å². The van der Waals surface area contributed by atoms with E-state index in [4.69, 9.17) is 4.74 Å².